The van der Waals surface area contributed by atoms with E-state index < -0.39 is 0 Å². The highest BCUT2D eigenvalue weighted by molar-refractivity contribution is 5.26. The van der Waals surface area contributed by atoms with Crippen molar-refractivity contribution < 1.29 is 0 Å². The molecule has 14 heavy (non-hydrogen) atoms. The molecular weight excluding hydrogens is 172 g/mol. The molecule has 1 heterocycles. The van der Waals surface area contributed by atoms with Gasteiger partial charge in [0, 0.05) is 12.2 Å². The van der Waals surface area contributed by atoms with Gasteiger partial charge in [-0.1, -0.05) is 20.8 Å². The largest absolute Gasteiger partial charge is 0.270 e. The Morgan fingerprint density at radius 1 is 1.57 bits per heavy atom. The van der Waals surface area contributed by atoms with Crippen LogP contribution < -0.4 is 0 Å². The van der Waals surface area contributed by atoms with Crippen LogP contribution in [0.15, 0.2) is 6.20 Å². The molecule has 0 spiro atoms. The van der Waals surface area contributed by atoms with Gasteiger partial charge >= 0.3 is 0 Å². The number of hydrogen-bond acceptors (Lipinski definition) is 1. The van der Waals surface area contributed by atoms with Crippen molar-refractivity contribution in [1.29, 1.82) is 0 Å². The molecule has 2 heteroatoms. The van der Waals surface area contributed by atoms with Gasteiger partial charge in [0.1, 0.15) is 0 Å². The molecular formula is C12H20N2. The van der Waals surface area contributed by atoms with E-state index in [4.69, 9.17) is 0 Å². The van der Waals surface area contributed by atoms with Gasteiger partial charge in [-0.3, -0.25) is 4.68 Å². The summed E-state index contributed by atoms with van der Waals surface area (Å²) >= 11 is 0. The van der Waals surface area contributed by atoms with Crippen molar-refractivity contribution in [3.63, 3.8) is 0 Å². The van der Waals surface area contributed by atoms with Crippen molar-refractivity contribution >= 4 is 0 Å². The zero-order valence-corrected chi connectivity index (χ0v) is 9.67. The molecule has 0 fully saturated rings. The lowest BCUT2D eigenvalue weighted by Gasteiger charge is -2.34. The fraction of sp³-hybridized carbons (Fsp3) is 0.750. The second kappa shape index (κ2) is 3.11. The topological polar surface area (TPSA) is 17.8 Å². The quantitative estimate of drug-likeness (QED) is 0.669. The first-order valence-electron chi connectivity index (χ1n) is 5.58. The summed E-state index contributed by atoms with van der Waals surface area (Å²) in [5.74, 6) is 0.675. The van der Waals surface area contributed by atoms with E-state index >= 15 is 0 Å². The number of fused-ring (bicyclic) bond motifs is 1. The number of rotatable bonds is 1. The summed E-state index contributed by atoms with van der Waals surface area (Å²) < 4.78 is 2.16. The maximum absolute atomic E-state index is 4.45. The van der Waals surface area contributed by atoms with Gasteiger partial charge in [0.15, 0.2) is 0 Å². The highest BCUT2D eigenvalue weighted by atomic mass is 15.3. The number of aromatic nitrogens is 2. The van der Waals surface area contributed by atoms with Crippen LogP contribution in [-0.2, 0) is 13.0 Å². The molecule has 2 rings (SSSR count). The Balaban J connectivity index is 2.43. The van der Waals surface area contributed by atoms with Crippen LogP contribution in [0.3, 0.4) is 0 Å². The van der Waals surface area contributed by atoms with Crippen molar-refractivity contribution in [1.82, 2.24) is 9.78 Å². The molecule has 1 aromatic rings. The first kappa shape index (κ1) is 9.75. The Morgan fingerprint density at radius 3 is 2.93 bits per heavy atom. The van der Waals surface area contributed by atoms with Crippen LogP contribution in [0.2, 0.25) is 0 Å². The average Bonchev–Trinajstić information content (AvgIpc) is 2.45. The Hall–Kier alpha value is -0.790. The predicted octanol–water partition coefficient (Wildman–Crippen LogP) is 2.98. The first-order valence-corrected chi connectivity index (χ1v) is 5.58. The molecule has 78 valence electrons. The number of nitrogens with zero attached hydrogens (tertiary/aromatic N) is 2. The van der Waals surface area contributed by atoms with Crippen molar-refractivity contribution in [3.05, 3.63) is 17.5 Å². The number of hydrogen-bond donors (Lipinski definition) is 0. The summed E-state index contributed by atoms with van der Waals surface area (Å²) in [6, 6.07) is 0. The molecule has 0 amide bonds. The SMILES string of the molecule is CCn1ncc2c1CC(C)(C)C[C@@H]2C. The third-order valence-corrected chi connectivity index (χ3v) is 3.32. The molecule has 0 aromatic carbocycles. The van der Waals surface area contributed by atoms with Crippen LogP contribution in [0, 0.1) is 5.41 Å². The summed E-state index contributed by atoms with van der Waals surface area (Å²) in [4.78, 5) is 0. The Kier molecular flexibility index (Phi) is 2.17. The minimum Gasteiger partial charge on any atom is -0.270 e. The molecule has 0 unspecified atom stereocenters. The zero-order valence-electron chi connectivity index (χ0n) is 9.67. The second-order valence-corrected chi connectivity index (χ2v) is 5.31. The van der Waals surface area contributed by atoms with Crippen LogP contribution in [-0.4, -0.2) is 9.78 Å². The Labute approximate surface area is 86.3 Å². The fourth-order valence-electron chi connectivity index (χ4n) is 2.77. The molecule has 0 radical (unpaired) electrons. The van der Waals surface area contributed by atoms with E-state index in [1.54, 1.807) is 0 Å². The minimum absolute atomic E-state index is 0.444. The zero-order chi connectivity index (χ0) is 10.3. The summed E-state index contributed by atoms with van der Waals surface area (Å²) in [6.45, 7) is 10.2. The van der Waals surface area contributed by atoms with Crippen LogP contribution >= 0.6 is 0 Å². The van der Waals surface area contributed by atoms with Gasteiger partial charge < -0.3 is 0 Å². The van der Waals surface area contributed by atoms with Gasteiger partial charge in [0.25, 0.3) is 0 Å². The van der Waals surface area contributed by atoms with Gasteiger partial charge in [-0.05, 0) is 36.7 Å². The van der Waals surface area contributed by atoms with E-state index in [0.717, 1.165) is 6.54 Å². The average molecular weight is 192 g/mol. The van der Waals surface area contributed by atoms with E-state index in [9.17, 15) is 0 Å². The van der Waals surface area contributed by atoms with Gasteiger partial charge in [-0.25, -0.2) is 0 Å². The van der Waals surface area contributed by atoms with E-state index in [1.807, 2.05) is 0 Å². The predicted molar refractivity (Wildman–Crippen MR) is 58.4 cm³/mol. The molecule has 0 saturated heterocycles. The van der Waals surface area contributed by atoms with E-state index in [0.29, 0.717) is 11.3 Å². The molecule has 1 aliphatic rings. The second-order valence-electron chi connectivity index (χ2n) is 5.31. The normalized spacial score (nSPS) is 24.7. The Morgan fingerprint density at radius 2 is 2.29 bits per heavy atom. The summed E-state index contributed by atoms with van der Waals surface area (Å²) in [5.41, 5.74) is 3.39. The maximum Gasteiger partial charge on any atom is 0.0527 e. The molecule has 0 aliphatic heterocycles. The van der Waals surface area contributed by atoms with E-state index in [-0.39, 0.29) is 0 Å². The van der Waals surface area contributed by atoms with Crippen molar-refractivity contribution in [2.45, 2.75) is 53.0 Å². The fourth-order valence-corrected chi connectivity index (χ4v) is 2.77. The molecule has 1 aliphatic carbocycles. The lowest BCUT2D eigenvalue weighted by molar-refractivity contribution is 0.279. The molecule has 0 saturated carbocycles. The van der Waals surface area contributed by atoms with Crippen molar-refractivity contribution in [3.8, 4) is 0 Å². The van der Waals surface area contributed by atoms with Crippen LogP contribution in [0.4, 0.5) is 0 Å². The standard InChI is InChI=1S/C12H20N2/c1-5-14-11-7-12(3,4)6-9(2)10(11)8-13-14/h8-9H,5-7H2,1-4H3/t9-/m0/s1. The van der Waals surface area contributed by atoms with Gasteiger partial charge in [-0.15, -0.1) is 0 Å². The summed E-state index contributed by atoms with van der Waals surface area (Å²) in [6.07, 6.45) is 4.54. The smallest absolute Gasteiger partial charge is 0.0527 e. The third kappa shape index (κ3) is 1.47. The lowest BCUT2D eigenvalue weighted by atomic mass is 9.72. The van der Waals surface area contributed by atoms with E-state index in [1.165, 1.54) is 24.1 Å². The van der Waals surface area contributed by atoms with Gasteiger partial charge in [0.05, 0.1) is 6.20 Å². The van der Waals surface area contributed by atoms with Crippen molar-refractivity contribution in [2.24, 2.45) is 5.41 Å². The molecule has 0 bridgehead atoms. The highest BCUT2D eigenvalue weighted by Crippen LogP contribution is 2.41. The highest BCUT2D eigenvalue weighted by Gasteiger charge is 2.32. The summed E-state index contributed by atoms with van der Waals surface area (Å²) in [7, 11) is 0. The monoisotopic (exact) mass is 192 g/mol. The molecule has 1 atom stereocenters. The molecule has 1 aromatic heterocycles. The van der Waals surface area contributed by atoms with Gasteiger partial charge in [-0.2, -0.15) is 5.10 Å². The molecule has 2 nitrogen and oxygen atoms in total. The van der Waals surface area contributed by atoms with Crippen LogP contribution in [0.25, 0.3) is 0 Å². The van der Waals surface area contributed by atoms with Crippen LogP contribution in [0.5, 0.6) is 0 Å². The Bertz CT molecular complexity index is 336. The first-order chi connectivity index (χ1) is 6.53. The summed E-state index contributed by atoms with van der Waals surface area (Å²) in [5, 5.41) is 4.45. The van der Waals surface area contributed by atoms with Crippen molar-refractivity contribution in [2.75, 3.05) is 0 Å². The maximum atomic E-state index is 4.45. The van der Waals surface area contributed by atoms with Crippen LogP contribution in [0.1, 0.15) is 51.3 Å². The van der Waals surface area contributed by atoms with E-state index in [2.05, 4.69) is 43.7 Å². The molecule has 0 N–H and O–H groups in total. The van der Waals surface area contributed by atoms with Gasteiger partial charge in [0.2, 0.25) is 0 Å². The number of aryl methyl sites for hydroxylation is 1. The third-order valence-electron chi connectivity index (χ3n) is 3.32. The minimum atomic E-state index is 0.444. The lowest BCUT2D eigenvalue weighted by Crippen LogP contribution is -2.25.